The van der Waals surface area contributed by atoms with Crippen LogP contribution in [0.2, 0.25) is 5.02 Å². The monoisotopic (exact) mass is 325 g/mol. The van der Waals surface area contributed by atoms with Gasteiger partial charge in [0.2, 0.25) is 0 Å². The zero-order valence-corrected chi connectivity index (χ0v) is 12.9. The summed E-state index contributed by atoms with van der Waals surface area (Å²) in [5.74, 6) is 0.757. The smallest absolute Gasteiger partial charge is 0.313 e. The summed E-state index contributed by atoms with van der Waals surface area (Å²) in [6.45, 7) is 2.72. The van der Waals surface area contributed by atoms with Crippen molar-refractivity contribution in [2.45, 2.75) is 43.3 Å². The van der Waals surface area contributed by atoms with Crippen LogP contribution >= 0.6 is 23.4 Å². The molecule has 0 heterocycles. The second kappa shape index (κ2) is 8.80. The van der Waals surface area contributed by atoms with Crippen LogP contribution in [0.5, 0.6) is 0 Å². The first-order chi connectivity index (χ1) is 9.40. The summed E-state index contributed by atoms with van der Waals surface area (Å²) < 4.78 is 36.4. The molecular weight excluding hydrogens is 307 g/mol. The molecule has 0 amide bonds. The Bertz CT molecular complexity index is 381. The number of hydrogen-bond acceptors (Lipinski definition) is 2. The molecule has 114 valence electrons. The van der Waals surface area contributed by atoms with Gasteiger partial charge in [-0.05, 0) is 43.7 Å². The lowest BCUT2D eigenvalue weighted by molar-refractivity contribution is -0.135. The van der Waals surface area contributed by atoms with Crippen molar-refractivity contribution in [2.24, 2.45) is 0 Å². The molecule has 0 bridgehead atoms. The van der Waals surface area contributed by atoms with Crippen molar-refractivity contribution in [1.29, 1.82) is 0 Å². The van der Waals surface area contributed by atoms with E-state index in [1.54, 1.807) is 11.8 Å². The molecule has 1 rings (SSSR count). The van der Waals surface area contributed by atoms with Gasteiger partial charge in [0, 0.05) is 28.1 Å². The first-order valence-corrected chi connectivity index (χ1v) is 7.95. The summed E-state index contributed by atoms with van der Waals surface area (Å²) in [6, 6.07) is 7.58. The topological polar surface area (TPSA) is 12.0 Å². The highest BCUT2D eigenvalue weighted by molar-refractivity contribution is 7.99. The average molecular weight is 326 g/mol. The van der Waals surface area contributed by atoms with Gasteiger partial charge >= 0.3 is 6.18 Å². The molecule has 20 heavy (non-hydrogen) atoms. The Labute approximate surface area is 127 Å². The first-order valence-electron chi connectivity index (χ1n) is 6.59. The van der Waals surface area contributed by atoms with Crippen LogP contribution in [0.3, 0.4) is 0 Å². The lowest BCUT2D eigenvalue weighted by atomic mass is 10.1. The van der Waals surface area contributed by atoms with Crippen LogP contribution in [0.25, 0.3) is 0 Å². The van der Waals surface area contributed by atoms with E-state index in [-0.39, 0.29) is 12.5 Å². The van der Waals surface area contributed by atoms with Crippen LogP contribution in [0, 0.1) is 0 Å². The number of rotatable bonds is 8. The van der Waals surface area contributed by atoms with E-state index in [0.717, 1.165) is 17.2 Å². The normalized spacial score (nSPS) is 13.4. The molecule has 6 heteroatoms. The van der Waals surface area contributed by atoms with Crippen LogP contribution in [0.15, 0.2) is 29.2 Å². The Kier molecular flexibility index (Phi) is 7.77. The minimum Gasteiger partial charge on any atom is -0.313 e. The molecule has 1 N–H and O–H groups in total. The maximum Gasteiger partial charge on any atom is 0.389 e. The predicted octanol–water partition coefficient (Wildman–Crippen LogP) is 5.14. The van der Waals surface area contributed by atoms with Gasteiger partial charge in [-0.2, -0.15) is 13.2 Å². The highest BCUT2D eigenvalue weighted by Crippen LogP contribution is 2.25. The van der Waals surface area contributed by atoms with Gasteiger partial charge in [-0.15, -0.1) is 11.8 Å². The highest BCUT2D eigenvalue weighted by Gasteiger charge is 2.26. The molecular formula is C14H19ClF3NS. The summed E-state index contributed by atoms with van der Waals surface area (Å²) in [6.07, 6.45) is -4.06. The van der Waals surface area contributed by atoms with Gasteiger partial charge in [-0.25, -0.2) is 0 Å². The molecule has 0 saturated heterocycles. The van der Waals surface area contributed by atoms with Gasteiger partial charge < -0.3 is 5.32 Å². The van der Waals surface area contributed by atoms with Crippen molar-refractivity contribution < 1.29 is 13.2 Å². The molecule has 0 radical (unpaired) electrons. The Morgan fingerprint density at radius 1 is 1.25 bits per heavy atom. The van der Waals surface area contributed by atoms with E-state index in [1.165, 1.54) is 0 Å². The van der Waals surface area contributed by atoms with E-state index >= 15 is 0 Å². The number of nitrogens with one attached hydrogen (secondary N) is 1. The molecule has 1 unspecified atom stereocenters. The standard InChI is InChI=1S/C14H19ClF3NS/c1-2-19-12(4-3-9-14(16,17)18)10-20-13-7-5-11(15)6-8-13/h5-8,12,19H,2-4,9-10H2,1H3. The van der Waals surface area contributed by atoms with Crippen LogP contribution in [-0.4, -0.2) is 24.5 Å². The van der Waals surface area contributed by atoms with Gasteiger partial charge in [0.1, 0.15) is 0 Å². The Morgan fingerprint density at radius 2 is 1.90 bits per heavy atom. The summed E-state index contributed by atoms with van der Waals surface area (Å²) in [5.41, 5.74) is 0. The fourth-order valence-corrected chi connectivity index (χ4v) is 2.94. The Morgan fingerprint density at radius 3 is 2.45 bits per heavy atom. The molecule has 0 spiro atoms. The van der Waals surface area contributed by atoms with E-state index < -0.39 is 12.6 Å². The van der Waals surface area contributed by atoms with E-state index in [4.69, 9.17) is 11.6 Å². The van der Waals surface area contributed by atoms with Crippen molar-refractivity contribution in [1.82, 2.24) is 5.32 Å². The van der Waals surface area contributed by atoms with Crippen LogP contribution < -0.4 is 5.32 Å². The molecule has 1 nitrogen and oxygen atoms in total. The van der Waals surface area contributed by atoms with E-state index in [0.29, 0.717) is 11.4 Å². The molecule has 1 aromatic rings. The zero-order chi connectivity index (χ0) is 15.0. The van der Waals surface area contributed by atoms with Gasteiger partial charge in [0.15, 0.2) is 0 Å². The Hall–Kier alpha value is -0.390. The average Bonchev–Trinajstić information content (AvgIpc) is 2.36. The van der Waals surface area contributed by atoms with E-state index in [1.807, 2.05) is 31.2 Å². The summed E-state index contributed by atoms with van der Waals surface area (Å²) in [5, 5.41) is 3.92. The Balaban J connectivity index is 2.36. The van der Waals surface area contributed by atoms with Gasteiger partial charge in [0.25, 0.3) is 0 Å². The minimum atomic E-state index is -4.06. The van der Waals surface area contributed by atoms with Crippen molar-refractivity contribution in [3.8, 4) is 0 Å². The van der Waals surface area contributed by atoms with Crippen molar-refractivity contribution in [2.75, 3.05) is 12.3 Å². The molecule has 1 atom stereocenters. The molecule has 0 saturated carbocycles. The van der Waals surface area contributed by atoms with Crippen LogP contribution in [0.1, 0.15) is 26.2 Å². The zero-order valence-electron chi connectivity index (χ0n) is 11.3. The van der Waals surface area contributed by atoms with E-state index in [2.05, 4.69) is 5.32 Å². The third-order valence-electron chi connectivity index (χ3n) is 2.77. The summed E-state index contributed by atoms with van der Waals surface area (Å²) >= 11 is 7.44. The summed E-state index contributed by atoms with van der Waals surface area (Å²) in [4.78, 5) is 1.08. The SMILES string of the molecule is CCNC(CCCC(F)(F)F)CSc1ccc(Cl)cc1. The highest BCUT2D eigenvalue weighted by atomic mass is 35.5. The maximum absolute atomic E-state index is 12.1. The predicted molar refractivity (Wildman–Crippen MR) is 79.5 cm³/mol. The molecule has 0 aromatic heterocycles. The molecule has 0 fully saturated rings. The number of halogens is 4. The molecule has 0 aliphatic heterocycles. The fourth-order valence-electron chi connectivity index (χ4n) is 1.81. The number of alkyl halides is 3. The first kappa shape index (κ1) is 17.7. The number of hydrogen-bond donors (Lipinski definition) is 1. The van der Waals surface area contributed by atoms with E-state index in [9.17, 15) is 13.2 Å². The number of benzene rings is 1. The molecule has 0 aliphatic carbocycles. The molecule has 1 aromatic carbocycles. The largest absolute Gasteiger partial charge is 0.389 e. The van der Waals surface area contributed by atoms with Gasteiger partial charge in [-0.3, -0.25) is 0 Å². The van der Waals surface area contributed by atoms with Crippen LogP contribution in [-0.2, 0) is 0 Å². The molecule has 0 aliphatic rings. The third kappa shape index (κ3) is 8.02. The van der Waals surface area contributed by atoms with Gasteiger partial charge in [0.05, 0.1) is 0 Å². The lowest BCUT2D eigenvalue weighted by Crippen LogP contribution is -2.31. The number of thioether (sulfide) groups is 1. The van der Waals surface area contributed by atoms with Crippen LogP contribution in [0.4, 0.5) is 13.2 Å². The maximum atomic E-state index is 12.1. The fraction of sp³-hybridized carbons (Fsp3) is 0.571. The second-order valence-electron chi connectivity index (χ2n) is 4.53. The quantitative estimate of drug-likeness (QED) is 0.664. The van der Waals surface area contributed by atoms with Crippen molar-refractivity contribution in [3.63, 3.8) is 0 Å². The second-order valence-corrected chi connectivity index (χ2v) is 6.06. The lowest BCUT2D eigenvalue weighted by Gasteiger charge is -2.18. The minimum absolute atomic E-state index is 0.100. The van der Waals surface area contributed by atoms with Crippen molar-refractivity contribution >= 4 is 23.4 Å². The van der Waals surface area contributed by atoms with Crippen molar-refractivity contribution in [3.05, 3.63) is 29.3 Å². The summed E-state index contributed by atoms with van der Waals surface area (Å²) in [7, 11) is 0. The van der Waals surface area contributed by atoms with Gasteiger partial charge in [-0.1, -0.05) is 18.5 Å². The third-order valence-corrected chi connectivity index (χ3v) is 4.20.